The summed E-state index contributed by atoms with van der Waals surface area (Å²) in [7, 11) is -1.86. The third-order valence-corrected chi connectivity index (χ3v) is 7.39. The summed E-state index contributed by atoms with van der Waals surface area (Å²) >= 11 is 0. The second-order valence-corrected chi connectivity index (χ2v) is 8.79. The Labute approximate surface area is 155 Å². The summed E-state index contributed by atoms with van der Waals surface area (Å²) < 4.78 is 35.3. The Morgan fingerprint density at radius 2 is 1.85 bits per heavy atom. The monoisotopic (exact) mass is 372 g/mol. The van der Waals surface area contributed by atoms with Crippen LogP contribution in [0, 0.1) is 0 Å². The van der Waals surface area contributed by atoms with Crippen LogP contribution in [0.2, 0.25) is 0 Å². The van der Waals surface area contributed by atoms with Gasteiger partial charge in [0.1, 0.15) is 5.75 Å². The van der Waals surface area contributed by atoms with Crippen LogP contribution in [0.4, 0.5) is 0 Å². The molecule has 0 radical (unpaired) electrons. The Balaban J connectivity index is 1.61. The van der Waals surface area contributed by atoms with E-state index in [1.807, 2.05) is 42.5 Å². The maximum absolute atomic E-state index is 13.4. The van der Waals surface area contributed by atoms with Crippen molar-refractivity contribution in [3.63, 3.8) is 0 Å². The van der Waals surface area contributed by atoms with Gasteiger partial charge in [-0.3, -0.25) is 0 Å². The first-order chi connectivity index (χ1) is 12.6. The summed E-state index contributed by atoms with van der Waals surface area (Å²) in [5.74, 6) is 0.763. The molecule has 26 heavy (non-hydrogen) atoms. The molecule has 2 aliphatic rings. The maximum Gasteiger partial charge on any atom is 0.282 e. The maximum atomic E-state index is 13.4. The van der Waals surface area contributed by atoms with Crippen LogP contribution in [-0.4, -0.2) is 37.2 Å². The molecule has 138 valence electrons. The minimum absolute atomic E-state index is 0.118. The minimum atomic E-state index is -3.50. The molecule has 0 spiro atoms. The van der Waals surface area contributed by atoms with Crippen molar-refractivity contribution in [3.8, 4) is 5.75 Å². The van der Waals surface area contributed by atoms with E-state index in [1.165, 1.54) is 5.56 Å². The van der Waals surface area contributed by atoms with E-state index >= 15 is 0 Å². The number of ether oxygens (including phenoxy) is 1. The Morgan fingerprint density at radius 3 is 2.65 bits per heavy atom. The topological polar surface area (TPSA) is 49.9 Å². The molecule has 0 aliphatic carbocycles. The lowest BCUT2D eigenvalue weighted by atomic mass is 10.0. The van der Waals surface area contributed by atoms with Gasteiger partial charge in [-0.25, -0.2) is 0 Å². The molecule has 2 aromatic rings. The molecule has 1 fully saturated rings. The number of fused-ring (bicyclic) bond motifs is 1. The predicted octanol–water partition coefficient (Wildman–Crippen LogP) is 3.14. The minimum Gasteiger partial charge on any atom is -0.497 e. The van der Waals surface area contributed by atoms with Gasteiger partial charge in [0.2, 0.25) is 0 Å². The number of hydrogen-bond acceptors (Lipinski definition) is 3. The number of hydrogen-bond donors (Lipinski definition) is 0. The van der Waals surface area contributed by atoms with Gasteiger partial charge in [-0.05, 0) is 48.1 Å². The molecule has 2 aromatic carbocycles. The van der Waals surface area contributed by atoms with Crippen molar-refractivity contribution in [2.24, 2.45) is 0 Å². The van der Waals surface area contributed by atoms with Gasteiger partial charge in [-0.2, -0.15) is 17.0 Å². The molecule has 6 heteroatoms. The van der Waals surface area contributed by atoms with Crippen LogP contribution in [0.15, 0.2) is 48.5 Å². The van der Waals surface area contributed by atoms with Gasteiger partial charge in [-0.1, -0.05) is 36.4 Å². The average Bonchev–Trinajstić information content (AvgIpc) is 3.18. The largest absolute Gasteiger partial charge is 0.497 e. The van der Waals surface area contributed by atoms with Gasteiger partial charge in [0.05, 0.1) is 13.2 Å². The van der Waals surface area contributed by atoms with E-state index < -0.39 is 10.2 Å². The number of benzene rings is 2. The first-order valence-corrected chi connectivity index (χ1v) is 10.5. The van der Waals surface area contributed by atoms with Crippen molar-refractivity contribution in [1.82, 2.24) is 8.61 Å². The van der Waals surface area contributed by atoms with E-state index in [2.05, 4.69) is 6.07 Å². The molecular weight excluding hydrogens is 348 g/mol. The molecule has 0 saturated carbocycles. The highest BCUT2D eigenvalue weighted by atomic mass is 32.2. The molecule has 4 rings (SSSR count). The van der Waals surface area contributed by atoms with Crippen molar-refractivity contribution < 1.29 is 13.2 Å². The third-order valence-electron chi connectivity index (χ3n) is 5.40. The predicted molar refractivity (Wildman–Crippen MR) is 101 cm³/mol. The highest BCUT2D eigenvalue weighted by molar-refractivity contribution is 7.86. The molecule has 2 aliphatic heterocycles. The Hall–Kier alpha value is -1.89. The standard InChI is InChI=1S/C20H24N2O3S/c1-25-19-9-4-8-17(14-19)20-10-5-12-22(20)26(23,24)21-13-11-16-6-2-3-7-18(16)15-21/h2-4,6-9,14,20H,5,10-13,15H2,1H3/t20-/m0/s1. The Kier molecular flexibility index (Phi) is 4.73. The van der Waals surface area contributed by atoms with E-state index in [0.717, 1.165) is 36.1 Å². The smallest absolute Gasteiger partial charge is 0.282 e. The summed E-state index contributed by atoms with van der Waals surface area (Å²) in [5.41, 5.74) is 3.37. The van der Waals surface area contributed by atoms with E-state index in [-0.39, 0.29) is 6.04 Å². The summed E-state index contributed by atoms with van der Waals surface area (Å²) in [5, 5.41) is 0. The van der Waals surface area contributed by atoms with Gasteiger partial charge in [0, 0.05) is 19.6 Å². The molecule has 0 N–H and O–H groups in total. The van der Waals surface area contributed by atoms with Crippen LogP contribution in [0.25, 0.3) is 0 Å². The zero-order valence-corrected chi connectivity index (χ0v) is 15.8. The van der Waals surface area contributed by atoms with Crippen molar-refractivity contribution in [1.29, 1.82) is 0 Å². The Morgan fingerprint density at radius 1 is 1.04 bits per heavy atom. The molecule has 0 bridgehead atoms. The SMILES string of the molecule is COc1cccc([C@@H]2CCCN2S(=O)(=O)N2CCc3ccccc3C2)c1. The second kappa shape index (κ2) is 7.02. The Bertz CT molecular complexity index is 897. The summed E-state index contributed by atoms with van der Waals surface area (Å²) in [6.07, 6.45) is 2.50. The fraction of sp³-hybridized carbons (Fsp3) is 0.400. The van der Waals surface area contributed by atoms with Gasteiger partial charge >= 0.3 is 0 Å². The third kappa shape index (κ3) is 3.13. The molecule has 1 atom stereocenters. The first-order valence-electron chi connectivity index (χ1n) is 9.07. The van der Waals surface area contributed by atoms with Crippen LogP contribution in [0.5, 0.6) is 5.75 Å². The zero-order valence-electron chi connectivity index (χ0n) is 15.0. The van der Waals surface area contributed by atoms with Gasteiger partial charge in [0.15, 0.2) is 0 Å². The van der Waals surface area contributed by atoms with Crippen molar-refractivity contribution in [2.45, 2.75) is 31.8 Å². The lowest BCUT2D eigenvalue weighted by Gasteiger charge is -2.34. The average molecular weight is 372 g/mol. The first kappa shape index (κ1) is 17.5. The van der Waals surface area contributed by atoms with Crippen LogP contribution >= 0.6 is 0 Å². The number of methoxy groups -OCH3 is 1. The van der Waals surface area contributed by atoms with E-state index in [0.29, 0.717) is 19.6 Å². The normalized spacial score (nSPS) is 21.5. The second-order valence-electron chi connectivity index (χ2n) is 6.91. The van der Waals surface area contributed by atoms with Crippen LogP contribution in [0.3, 0.4) is 0 Å². The van der Waals surface area contributed by atoms with E-state index in [9.17, 15) is 8.42 Å². The van der Waals surface area contributed by atoms with Crippen LogP contribution < -0.4 is 4.74 Å². The summed E-state index contributed by atoms with van der Waals surface area (Å²) in [4.78, 5) is 0. The van der Waals surface area contributed by atoms with Gasteiger partial charge < -0.3 is 4.74 Å². The van der Waals surface area contributed by atoms with Gasteiger partial charge in [-0.15, -0.1) is 0 Å². The molecule has 0 amide bonds. The van der Waals surface area contributed by atoms with E-state index in [1.54, 1.807) is 15.7 Å². The van der Waals surface area contributed by atoms with Crippen molar-refractivity contribution in [2.75, 3.05) is 20.2 Å². The van der Waals surface area contributed by atoms with Gasteiger partial charge in [0.25, 0.3) is 10.2 Å². The summed E-state index contributed by atoms with van der Waals surface area (Å²) in [6, 6.07) is 15.7. The van der Waals surface area contributed by atoms with Crippen LogP contribution in [0.1, 0.15) is 35.6 Å². The number of nitrogens with zero attached hydrogens (tertiary/aromatic N) is 2. The zero-order chi connectivity index (χ0) is 18.1. The summed E-state index contributed by atoms with van der Waals surface area (Å²) in [6.45, 7) is 1.57. The molecule has 2 heterocycles. The molecule has 1 saturated heterocycles. The van der Waals surface area contributed by atoms with Crippen molar-refractivity contribution in [3.05, 3.63) is 65.2 Å². The fourth-order valence-corrected chi connectivity index (χ4v) is 5.84. The lowest BCUT2D eigenvalue weighted by Crippen LogP contribution is -2.45. The quantitative estimate of drug-likeness (QED) is 0.828. The fourth-order valence-electron chi connectivity index (χ4n) is 4.01. The lowest BCUT2D eigenvalue weighted by molar-refractivity contribution is 0.315. The number of rotatable bonds is 4. The van der Waals surface area contributed by atoms with Crippen molar-refractivity contribution >= 4 is 10.2 Å². The molecule has 5 nitrogen and oxygen atoms in total. The molecular formula is C20H24N2O3S. The van der Waals surface area contributed by atoms with Crippen LogP contribution in [-0.2, 0) is 23.2 Å². The molecule has 0 unspecified atom stereocenters. The highest BCUT2D eigenvalue weighted by Crippen LogP contribution is 2.37. The molecule has 0 aromatic heterocycles. The highest BCUT2D eigenvalue weighted by Gasteiger charge is 2.39. The van der Waals surface area contributed by atoms with E-state index in [4.69, 9.17) is 4.74 Å².